The first-order chi connectivity index (χ1) is 5.13. The van der Waals surface area contributed by atoms with Crippen LogP contribution in [0, 0.1) is 4.64 Å². The molecule has 0 bridgehead atoms. The van der Waals surface area contributed by atoms with Gasteiger partial charge in [0.2, 0.25) is 0 Å². The summed E-state index contributed by atoms with van der Waals surface area (Å²) in [5, 5.41) is 8.61. The minimum atomic E-state index is -1.06. The van der Waals surface area contributed by atoms with E-state index in [4.69, 9.17) is 17.3 Å². The van der Waals surface area contributed by atoms with Crippen LogP contribution in [-0.4, -0.2) is 16.1 Å². The van der Waals surface area contributed by atoms with Crippen molar-refractivity contribution in [3.8, 4) is 0 Å². The summed E-state index contributed by atoms with van der Waals surface area (Å²) in [6.45, 7) is 0. The molecule has 0 aliphatic carbocycles. The lowest BCUT2D eigenvalue weighted by atomic mass is 10.3. The molecule has 1 aromatic heterocycles. The number of hydrogen-bond donors (Lipinski definition) is 3. The van der Waals surface area contributed by atoms with Crippen molar-refractivity contribution in [2.75, 3.05) is 0 Å². The maximum absolute atomic E-state index is 10.5. The van der Waals surface area contributed by atoms with Gasteiger partial charge in [-0.1, -0.05) is 12.2 Å². The Morgan fingerprint density at radius 2 is 2.36 bits per heavy atom. The Morgan fingerprint density at radius 3 is 2.73 bits per heavy atom. The number of thiol groups is 1. The third kappa shape index (κ3) is 1.61. The number of hydrogen-bond acceptors (Lipinski definition) is 3. The maximum Gasteiger partial charge on any atom is 0.339 e. The normalized spacial score (nSPS) is 9.55. The molecule has 2 N–H and O–H groups in total. The number of aromatic carboxylic acids is 1. The van der Waals surface area contributed by atoms with Crippen LogP contribution in [0.4, 0.5) is 0 Å². The molecule has 0 saturated carbocycles. The van der Waals surface area contributed by atoms with Gasteiger partial charge in [-0.15, -0.1) is 12.6 Å². The number of pyridine rings is 1. The fourth-order valence-corrected chi connectivity index (χ4v) is 1.30. The van der Waals surface area contributed by atoms with Crippen molar-refractivity contribution in [2.45, 2.75) is 4.90 Å². The molecular formula is C6H5NO2S2. The molecule has 0 aliphatic heterocycles. The highest BCUT2D eigenvalue weighted by Crippen LogP contribution is 2.12. The molecule has 0 atom stereocenters. The second-order valence-corrected chi connectivity index (χ2v) is 2.76. The first kappa shape index (κ1) is 8.29. The van der Waals surface area contributed by atoms with Gasteiger partial charge in [-0.3, -0.25) is 0 Å². The molecule has 5 heteroatoms. The van der Waals surface area contributed by atoms with E-state index in [9.17, 15) is 4.79 Å². The van der Waals surface area contributed by atoms with Crippen LogP contribution >= 0.6 is 24.8 Å². The number of nitrogens with one attached hydrogen (secondary N) is 1. The van der Waals surface area contributed by atoms with E-state index in [1.807, 2.05) is 0 Å². The van der Waals surface area contributed by atoms with Crippen molar-refractivity contribution in [1.29, 1.82) is 0 Å². The summed E-state index contributed by atoms with van der Waals surface area (Å²) in [5.74, 6) is -1.06. The predicted octanol–water partition coefficient (Wildman–Crippen LogP) is 1.73. The van der Waals surface area contributed by atoms with Crippen molar-refractivity contribution in [3.63, 3.8) is 0 Å². The fourth-order valence-electron chi connectivity index (χ4n) is 0.675. The maximum atomic E-state index is 10.5. The van der Waals surface area contributed by atoms with Gasteiger partial charge in [0, 0.05) is 11.1 Å². The number of H-pyrrole nitrogens is 1. The lowest BCUT2D eigenvalue weighted by molar-refractivity contribution is 0.0692. The molecule has 0 amide bonds. The third-order valence-electron chi connectivity index (χ3n) is 1.15. The topological polar surface area (TPSA) is 53.1 Å². The van der Waals surface area contributed by atoms with Crippen LogP contribution in [0.3, 0.4) is 0 Å². The molecule has 0 aromatic carbocycles. The average molecular weight is 187 g/mol. The van der Waals surface area contributed by atoms with Crippen molar-refractivity contribution in [1.82, 2.24) is 4.98 Å². The highest BCUT2D eigenvalue weighted by atomic mass is 32.1. The van der Waals surface area contributed by atoms with Crippen molar-refractivity contribution < 1.29 is 9.90 Å². The quantitative estimate of drug-likeness (QED) is 0.463. The summed E-state index contributed by atoms with van der Waals surface area (Å²) < 4.78 is 0.199. The second kappa shape index (κ2) is 3.06. The van der Waals surface area contributed by atoms with Crippen LogP contribution in [0.2, 0.25) is 0 Å². The Labute approximate surface area is 73.5 Å². The molecule has 0 unspecified atom stereocenters. The molecule has 0 radical (unpaired) electrons. The molecule has 0 fully saturated rings. The van der Waals surface area contributed by atoms with Gasteiger partial charge in [-0.2, -0.15) is 0 Å². The van der Waals surface area contributed by atoms with Gasteiger partial charge in [0.05, 0.1) is 0 Å². The van der Waals surface area contributed by atoms with Crippen LogP contribution in [0.25, 0.3) is 0 Å². The van der Waals surface area contributed by atoms with Crippen LogP contribution in [0.5, 0.6) is 0 Å². The van der Waals surface area contributed by atoms with E-state index < -0.39 is 5.97 Å². The zero-order valence-corrected chi connectivity index (χ0v) is 7.08. The molecule has 1 rings (SSSR count). The SMILES string of the molecule is O=C(O)c1c(S)cc[nH]c1=S. The Kier molecular flexibility index (Phi) is 2.31. The molecule has 3 nitrogen and oxygen atoms in total. The largest absolute Gasteiger partial charge is 0.478 e. The Hall–Kier alpha value is -0.810. The number of carboxylic acids is 1. The van der Waals surface area contributed by atoms with E-state index in [1.165, 1.54) is 0 Å². The molecule has 1 heterocycles. The average Bonchev–Trinajstić information content (AvgIpc) is 1.85. The van der Waals surface area contributed by atoms with Gasteiger partial charge in [0.25, 0.3) is 0 Å². The lowest BCUT2D eigenvalue weighted by Gasteiger charge is -1.97. The van der Waals surface area contributed by atoms with Crippen molar-refractivity contribution >= 4 is 30.8 Å². The van der Waals surface area contributed by atoms with E-state index in [0.29, 0.717) is 4.90 Å². The summed E-state index contributed by atoms with van der Waals surface area (Å²) in [7, 11) is 0. The lowest BCUT2D eigenvalue weighted by Crippen LogP contribution is -1.99. The molecule has 58 valence electrons. The second-order valence-electron chi connectivity index (χ2n) is 1.87. The van der Waals surface area contributed by atoms with Gasteiger partial charge in [0.15, 0.2) is 0 Å². The van der Waals surface area contributed by atoms with Crippen molar-refractivity contribution in [2.24, 2.45) is 0 Å². The smallest absolute Gasteiger partial charge is 0.339 e. The standard InChI is InChI=1S/C6H5NO2S2/c8-6(9)4-3(10)1-2-7-5(4)11/h1-2H,(H,8,9)(H2,7,10,11). The van der Waals surface area contributed by atoms with Gasteiger partial charge in [-0.25, -0.2) is 4.79 Å². The van der Waals surface area contributed by atoms with Crippen LogP contribution in [-0.2, 0) is 0 Å². The van der Waals surface area contributed by atoms with Crippen LogP contribution in [0.15, 0.2) is 17.2 Å². The first-order valence-corrected chi connectivity index (χ1v) is 3.62. The minimum absolute atomic E-state index is 0.0471. The number of aromatic nitrogens is 1. The molecule has 0 spiro atoms. The molecule has 0 saturated heterocycles. The minimum Gasteiger partial charge on any atom is -0.478 e. The number of carboxylic acid groups (broad SMARTS) is 1. The summed E-state index contributed by atoms with van der Waals surface area (Å²) in [5.41, 5.74) is 0.0471. The zero-order chi connectivity index (χ0) is 8.43. The first-order valence-electron chi connectivity index (χ1n) is 2.77. The molecule has 1 aromatic rings. The zero-order valence-electron chi connectivity index (χ0n) is 5.37. The monoisotopic (exact) mass is 187 g/mol. The Morgan fingerprint density at radius 1 is 1.73 bits per heavy atom. The Balaban J connectivity index is 3.45. The predicted molar refractivity (Wildman–Crippen MR) is 45.8 cm³/mol. The highest BCUT2D eigenvalue weighted by molar-refractivity contribution is 7.80. The fraction of sp³-hybridized carbons (Fsp3) is 0. The van der Waals surface area contributed by atoms with E-state index in [1.54, 1.807) is 12.3 Å². The molecular weight excluding hydrogens is 182 g/mol. The van der Waals surface area contributed by atoms with Gasteiger partial charge < -0.3 is 10.1 Å². The number of rotatable bonds is 1. The third-order valence-corrected chi connectivity index (χ3v) is 1.85. The van der Waals surface area contributed by atoms with Crippen LogP contribution < -0.4 is 0 Å². The van der Waals surface area contributed by atoms with Crippen LogP contribution in [0.1, 0.15) is 10.4 Å². The van der Waals surface area contributed by atoms with Gasteiger partial charge in [0.1, 0.15) is 10.2 Å². The van der Waals surface area contributed by atoms with Crippen molar-refractivity contribution in [3.05, 3.63) is 22.5 Å². The summed E-state index contributed by atoms with van der Waals surface area (Å²) >= 11 is 8.67. The van der Waals surface area contributed by atoms with E-state index in [-0.39, 0.29) is 10.2 Å². The summed E-state index contributed by atoms with van der Waals surface area (Å²) in [4.78, 5) is 13.5. The summed E-state index contributed by atoms with van der Waals surface area (Å²) in [6.07, 6.45) is 1.55. The summed E-state index contributed by atoms with van der Waals surface area (Å²) in [6, 6.07) is 1.54. The highest BCUT2D eigenvalue weighted by Gasteiger charge is 2.08. The number of carbonyl (C=O) groups is 1. The van der Waals surface area contributed by atoms with E-state index in [0.717, 1.165) is 0 Å². The Bertz CT molecular complexity index is 345. The number of aromatic amines is 1. The van der Waals surface area contributed by atoms with E-state index in [2.05, 4.69) is 17.6 Å². The van der Waals surface area contributed by atoms with Gasteiger partial charge in [-0.05, 0) is 6.07 Å². The molecule has 11 heavy (non-hydrogen) atoms. The van der Waals surface area contributed by atoms with E-state index >= 15 is 0 Å². The van der Waals surface area contributed by atoms with Gasteiger partial charge >= 0.3 is 5.97 Å². The molecule has 0 aliphatic rings.